The molecule has 0 amide bonds. The van der Waals surface area contributed by atoms with Gasteiger partial charge in [0.25, 0.3) is 0 Å². The standard InChI is InChI=1S/C14H22N2/c1-11-7-9-16(10-8-11)14-6-4-3-5-13(14)12(2)15/h3-6,11-12H,7-10,15H2,1-2H3. The van der Waals surface area contributed by atoms with Gasteiger partial charge >= 0.3 is 0 Å². The molecule has 0 radical (unpaired) electrons. The minimum absolute atomic E-state index is 0.121. The van der Waals surface area contributed by atoms with Gasteiger partial charge in [-0.05, 0) is 37.3 Å². The Hall–Kier alpha value is -1.02. The highest BCUT2D eigenvalue weighted by atomic mass is 15.1. The first-order valence-corrected chi connectivity index (χ1v) is 6.28. The van der Waals surface area contributed by atoms with E-state index in [0.29, 0.717) is 0 Å². The molecule has 1 aliphatic rings. The summed E-state index contributed by atoms with van der Waals surface area (Å²) in [6, 6.07) is 8.66. The second-order valence-electron chi connectivity index (χ2n) is 5.02. The lowest BCUT2D eigenvalue weighted by Crippen LogP contribution is -2.33. The largest absolute Gasteiger partial charge is 0.371 e. The van der Waals surface area contributed by atoms with Gasteiger partial charge in [-0.2, -0.15) is 0 Å². The third kappa shape index (κ3) is 2.38. The number of hydrogen-bond donors (Lipinski definition) is 1. The van der Waals surface area contributed by atoms with Crippen LogP contribution in [0.15, 0.2) is 24.3 Å². The zero-order valence-electron chi connectivity index (χ0n) is 10.3. The van der Waals surface area contributed by atoms with Gasteiger partial charge in [0, 0.05) is 24.8 Å². The van der Waals surface area contributed by atoms with Crippen molar-refractivity contribution in [1.29, 1.82) is 0 Å². The molecule has 1 aromatic carbocycles. The predicted molar refractivity (Wildman–Crippen MR) is 69.7 cm³/mol. The highest BCUT2D eigenvalue weighted by molar-refractivity contribution is 5.55. The molecular formula is C14H22N2. The predicted octanol–water partition coefficient (Wildman–Crippen LogP) is 2.94. The van der Waals surface area contributed by atoms with Crippen LogP contribution in [-0.2, 0) is 0 Å². The molecule has 0 bridgehead atoms. The molecule has 1 aromatic rings. The van der Waals surface area contributed by atoms with Gasteiger partial charge in [0.15, 0.2) is 0 Å². The Kier molecular flexibility index (Phi) is 3.49. The van der Waals surface area contributed by atoms with E-state index in [-0.39, 0.29) is 6.04 Å². The zero-order chi connectivity index (χ0) is 11.5. The molecule has 2 nitrogen and oxygen atoms in total. The Morgan fingerprint density at radius 3 is 2.50 bits per heavy atom. The molecule has 0 spiro atoms. The number of rotatable bonds is 2. The quantitative estimate of drug-likeness (QED) is 0.827. The molecule has 88 valence electrons. The third-order valence-electron chi connectivity index (χ3n) is 3.55. The van der Waals surface area contributed by atoms with Crippen molar-refractivity contribution in [3.63, 3.8) is 0 Å². The Balaban J connectivity index is 2.19. The third-order valence-corrected chi connectivity index (χ3v) is 3.55. The first-order valence-electron chi connectivity index (χ1n) is 6.28. The lowest BCUT2D eigenvalue weighted by atomic mass is 9.97. The summed E-state index contributed by atoms with van der Waals surface area (Å²) < 4.78 is 0. The van der Waals surface area contributed by atoms with Gasteiger partial charge in [-0.3, -0.25) is 0 Å². The monoisotopic (exact) mass is 218 g/mol. The molecular weight excluding hydrogens is 196 g/mol. The van der Waals surface area contributed by atoms with Gasteiger partial charge in [0.1, 0.15) is 0 Å². The minimum atomic E-state index is 0.121. The van der Waals surface area contributed by atoms with Crippen molar-refractivity contribution in [1.82, 2.24) is 0 Å². The smallest absolute Gasteiger partial charge is 0.0414 e. The Morgan fingerprint density at radius 2 is 1.88 bits per heavy atom. The molecule has 1 fully saturated rings. The van der Waals surface area contributed by atoms with Gasteiger partial charge in [0.05, 0.1) is 0 Å². The number of hydrogen-bond acceptors (Lipinski definition) is 2. The van der Waals surface area contributed by atoms with Crippen LogP contribution in [0.3, 0.4) is 0 Å². The summed E-state index contributed by atoms with van der Waals surface area (Å²) in [7, 11) is 0. The van der Waals surface area contributed by atoms with Crippen LogP contribution in [0, 0.1) is 5.92 Å². The average molecular weight is 218 g/mol. The van der Waals surface area contributed by atoms with Crippen LogP contribution in [0.2, 0.25) is 0 Å². The second-order valence-corrected chi connectivity index (χ2v) is 5.02. The van der Waals surface area contributed by atoms with E-state index in [0.717, 1.165) is 5.92 Å². The minimum Gasteiger partial charge on any atom is -0.371 e. The number of benzene rings is 1. The van der Waals surface area contributed by atoms with E-state index >= 15 is 0 Å². The first kappa shape index (κ1) is 11.5. The van der Waals surface area contributed by atoms with Gasteiger partial charge < -0.3 is 10.6 Å². The molecule has 0 saturated carbocycles. The van der Waals surface area contributed by atoms with E-state index in [9.17, 15) is 0 Å². The zero-order valence-corrected chi connectivity index (χ0v) is 10.3. The van der Waals surface area contributed by atoms with E-state index in [2.05, 4.69) is 43.0 Å². The van der Waals surface area contributed by atoms with E-state index in [4.69, 9.17) is 5.73 Å². The maximum atomic E-state index is 6.02. The molecule has 0 aliphatic carbocycles. The van der Waals surface area contributed by atoms with Gasteiger partial charge in [-0.15, -0.1) is 0 Å². The molecule has 16 heavy (non-hydrogen) atoms. The van der Waals surface area contributed by atoms with Gasteiger partial charge in [-0.1, -0.05) is 25.1 Å². The summed E-state index contributed by atoms with van der Waals surface area (Å²) >= 11 is 0. The summed E-state index contributed by atoms with van der Waals surface area (Å²) in [5.74, 6) is 0.874. The molecule has 1 heterocycles. The lowest BCUT2D eigenvalue weighted by Gasteiger charge is -2.34. The fourth-order valence-corrected chi connectivity index (χ4v) is 2.41. The van der Waals surface area contributed by atoms with Crippen molar-refractivity contribution in [3.8, 4) is 0 Å². The van der Waals surface area contributed by atoms with Crippen LogP contribution >= 0.6 is 0 Å². The molecule has 1 atom stereocenters. The second kappa shape index (κ2) is 4.88. The van der Waals surface area contributed by atoms with Crippen molar-refractivity contribution in [3.05, 3.63) is 29.8 Å². The number of para-hydroxylation sites is 1. The van der Waals surface area contributed by atoms with Crippen molar-refractivity contribution < 1.29 is 0 Å². The molecule has 2 N–H and O–H groups in total. The van der Waals surface area contributed by atoms with E-state index in [1.54, 1.807) is 0 Å². The maximum Gasteiger partial charge on any atom is 0.0414 e. The summed E-state index contributed by atoms with van der Waals surface area (Å²) in [6.45, 7) is 6.75. The number of piperidine rings is 1. The summed E-state index contributed by atoms with van der Waals surface area (Å²) in [5, 5.41) is 0. The summed E-state index contributed by atoms with van der Waals surface area (Å²) in [5.41, 5.74) is 8.63. The molecule has 1 unspecified atom stereocenters. The van der Waals surface area contributed by atoms with Crippen LogP contribution < -0.4 is 10.6 Å². The van der Waals surface area contributed by atoms with Crippen molar-refractivity contribution in [2.24, 2.45) is 11.7 Å². The van der Waals surface area contributed by atoms with Gasteiger partial charge in [-0.25, -0.2) is 0 Å². The first-order chi connectivity index (χ1) is 7.68. The number of nitrogens with zero attached hydrogens (tertiary/aromatic N) is 1. The lowest BCUT2D eigenvalue weighted by molar-refractivity contribution is 0.437. The molecule has 1 aliphatic heterocycles. The summed E-state index contributed by atoms with van der Waals surface area (Å²) in [4.78, 5) is 2.48. The Morgan fingerprint density at radius 1 is 1.25 bits per heavy atom. The SMILES string of the molecule is CC1CCN(c2ccccc2C(C)N)CC1. The highest BCUT2D eigenvalue weighted by Crippen LogP contribution is 2.28. The maximum absolute atomic E-state index is 6.02. The summed E-state index contributed by atoms with van der Waals surface area (Å²) in [6.07, 6.45) is 2.60. The van der Waals surface area contributed by atoms with Crippen LogP contribution in [0.5, 0.6) is 0 Å². The average Bonchev–Trinajstić information content (AvgIpc) is 2.30. The number of anilines is 1. The molecule has 0 aromatic heterocycles. The van der Waals surface area contributed by atoms with Crippen LogP contribution in [0.25, 0.3) is 0 Å². The normalized spacial score (nSPS) is 19.8. The number of nitrogens with two attached hydrogens (primary N) is 1. The molecule has 2 heteroatoms. The van der Waals surface area contributed by atoms with Crippen LogP contribution in [0.4, 0.5) is 5.69 Å². The van der Waals surface area contributed by atoms with E-state index < -0.39 is 0 Å². The topological polar surface area (TPSA) is 29.3 Å². The molecule has 1 saturated heterocycles. The van der Waals surface area contributed by atoms with Gasteiger partial charge in [0.2, 0.25) is 0 Å². The van der Waals surface area contributed by atoms with Crippen molar-refractivity contribution in [2.75, 3.05) is 18.0 Å². The Labute approximate surface area is 98.4 Å². The van der Waals surface area contributed by atoms with E-state index in [1.807, 2.05) is 0 Å². The van der Waals surface area contributed by atoms with Crippen molar-refractivity contribution >= 4 is 5.69 Å². The van der Waals surface area contributed by atoms with Crippen LogP contribution in [-0.4, -0.2) is 13.1 Å². The van der Waals surface area contributed by atoms with Crippen molar-refractivity contribution in [2.45, 2.75) is 32.7 Å². The fraction of sp³-hybridized carbons (Fsp3) is 0.571. The van der Waals surface area contributed by atoms with Crippen LogP contribution in [0.1, 0.15) is 38.3 Å². The Bertz CT molecular complexity index is 338. The molecule has 2 rings (SSSR count). The highest BCUT2D eigenvalue weighted by Gasteiger charge is 2.18. The fourth-order valence-electron chi connectivity index (χ4n) is 2.41. The van der Waals surface area contributed by atoms with E-state index in [1.165, 1.54) is 37.2 Å².